The molecule has 0 saturated heterocycles. The van der Waals surface area contributed by atoms with Gasteiger partial charge < -0.3 is 5.11 Å². The molecule has 0 aliphatic carbocycles. The Labute approximate surface area is 125 Å². The first kappa shape index (κ1) is 16.8. The summed E-state index contributed by atoms with van der Waals surface area (Å²) in [6.45, 7) is 1.69. The van der Waals surface area contributed by atoms with Crippen molar-refractivity contribution in [3.8, 4) is 0 Å². The Morgan fingerprint density at radius 1 is 1.63 bits per heavy atom. The quantitative estimate of drug-likeness (QED) is 0.793. The smallest absolute Gasteiger partial charge is 0.321 e. The van der Waals surface area contributed by atoms with Gasteiger partial charge in [0.15, 0.2) is 0 Å². The number of aliphatic carboxylic acids is 1. The number of carboxylic acids is 1. The molecule has 0 aromatic carbocycles. The van der Waals surface area contributed by atoms with E-state index in [0.29, 0.717) is 15.7 Å². The number of hydrogen-bond donors (Lipinski definition) is 2. The highest BCUT2D eigenvalue weighted by molar-refractivity contribution is 7.98. The highest BCUT2D eigenvalue weighted by atomic mass is 35.5. The molecule has 1 aromatic rings. The predicted octanol–water partition coefficient (Wildman–Crippen LogP) is 2.19. The fourth-order valence-corrected chi connectivity index (χ4v) is 4.70. The maximum atomic E-state index is 12.0. The van der Waals surface area contributed by atoms with Gasteiger partial charge in [-0.25, -0.2) is 8.42 Å². The van der Waals surface area contributed by atoms with Gasteiger partial charge >= 0.3 is 5.97 Å². The molecule has 0 saturated carbocycles. The van der Waals surface area contributed by atoms with Crippen LogP contribution in [0.25, 0.3) is 0 Å². The first-order chi connectivity index (χ1) is 8.77. The second kappa shape index (κ2) is 6.94. The van der Waals surface area contributed by atoms with Crippen molar-refractivity contribution < 1.29 is 18.3 Å². The summed E-state index contributed by atoms with van der Waals surface area (Å²) in [7, 11) is -3.84. The third kappa shape index (κ3) is 4.64. The Morgan fingerprint density at radius 2 is 2.26 bits per heavy atom. The predicted molar refractivity (Wildman–Crippen MR) is 78.8 cm³/mol. The van der Waals surface area contributed by atoms with Gasteiger partial charge in [-0.15, -0.1) is 11.3 Å². The highest BCUT2D eigenvalue weighted by Crippen LogP contribution is 2.30. The van der Waals surface area contributed by atoms with Gasteiger partial charge in [0.2, 0.25) is 0 Å². The first-order valence-electron chi connectivity index (χ1n) is 5.28. The molecule has 0 bridgehead atoms. The van der Waals surface area contributed by atoms with E-state index in [1.54, 1.807) is 6.92 Å². The molecular weight excluding hydrogens is 330 g/mol. The minimum atomic E-state index is -3.84. The number of sulfonamides is 1. The summed E-state index contributed by atoms with van der Waals surface area (Å²) in [5, 5.41) is 9.01. The zero-order valence-corrected chi connectivity index (χ0v) is 13.5. The number of halogens is 1. The lowest BCUT2D eigenvalue weighted by Crippen LogP contribution is -2.40. The Morgan fingerprint density at radius 3 is 2.68 bits per heavy atom. The molecule has 0 amide bonds. The Balaban J connectivity index is 2.90. The molecule has 2 N–H and O–H groups in total. The summed E-state index contributed by atoms with van der Waals surface area (Å²) in [5.74, 6) is -0.624. The standard InChI is InChI=1S/C10H14ClNO4S3/c1-6-5-8(18-9(6)11)19(15,16)12-7(10(13)14)3-4-17-2/h5,7,12H,3-4H2,1-2H3,(H,13,14). The van der Waals surface area contributed by atoms with Crippen LogP contribution in [0.4, 0.5) is 0 Å². The van der Waals surface area contributed by atoms with Crippen molar-refractivity contribution in [1.82, 2.24) is 4.72 Å². The van der Waals surface area contributed by atoms with Crippen LogP contribution < -0.4 is 4.72 Å². The first-order valence-corrected chi connectivity index (χ1v) is 9.35. The summed E-state index contributed by atoms with van der Waals surface area (Å²) in [6.07, 6.45) is 2.06. The van der Waals surface area contributed by atoms with E-state index in [4.69, 9.17) is 16.7 Å². The van der Waals surface area contributed by atoms with Crippen molar-refractivity contribution in [1.29, 1.82) is 0 Å². The third-order valence-corrected chi connectivity index (χ3v) is 6.45. The maximum Gasteiger partial charge on any atom is 0.321 e. The van der Waals surface area contributed by atoms with E-state index in [9.17, 15) is 13.2 Å². The molecule has 1 heterocycles. The van der Waals surface area contributed by atoms with E-state index in [1.165, 1.54) is 17.8 Å². The van der Waals surface area contributed by atoms with Gasteiger partial charge in [0, 0.05) is 0 Å². The lowest BCUT2D eigenvalue weighted by atomic mass is 10.2. The molecule has 1 rings (SSSR count). The molecule has 108 valence electrons. The monoisotopic (exact) mass is 343 g/mol. The van der Waals surface area contributed by atoms with Crippen molar-refractivity contribution in [2.45, 2.75) is 23.6 Å². The summed E-state index contributed by atoms with van der Waals surface area (Å²) < 4.78 is 26.7. The van der Waals surface area contributed by atoms with E-state index < -0.39 is 22.0 Å². The van der Waals surface area contributed by atoms with Crippen LogP contribution in [0.5, 0.6) is 0 Å². The van der Waals surface area contributed by atoms with Crippen LogP contribution >= 0.6 is 34.7 Å². The van der Waals surface area contributed by atoms with Gasteiger partial charge in [-0.1, -0.05) is 11.6 Å². The zero-order chi connectivity index (χ0) is 14.6. The second-order valence-electron chi connectivity index (χ2n) is 3.82. The molecule has 0 fully saturated rings. The molecule has 1 aromatic heterocycles. The molecule has 9 heteroatoms. The van der Waals surface area contributed by atoms with Gasteiger partial charge in [0.25, 0.3) is 10.0 Å². The second-order valence-corrected chi connectivity index (χ2v) is 8.40. The molecule has 0 spiro atoms. The molecule has 1 unspecified atom stereocenters. The van der Waals surface area contributed by atoms with Crippen molar-refractivity contribution in [2.24, 2.45) is 0 Å². The van der Waals surface area contributed by atoms with Crippen LogP contribution in [0.3, 0.4) is 0 Å². The van der Waals surface area contributed by atoms with Gasteiger partial charge in [0.1, 0.15) is 10.3 Å². The SMILES string of the molecule is CSCCC(NS(=O)(=O)c1cc(C)c(Cl)s1)C(=O)O. The number of nitrogens with one attached hydrogen (secondary N) is 1. The largest absolute Gasteiger partial charge is 0.480 e. The number of aryl methyl sites for hydroxylation is 1. The van der Waals surface area contributed by atoms with E-state index in [-0.39, 0.29) is 10.6 Å². The minimum absolute atomic E-state index is 0.0328. The van der Waals surface area contributed by atoms with Crippen LogP contribution in [0.1, 0.15) is 12.0 Å². The molecule has 0 aliphatic heterocycles. The molecule has 19 heavy (non-hydrogen) atoms. The average Bonchev–Trinajstić information content (AvgIpc) is 2.65. The average molecular weight is 344 g/mol. The molecule has 0 aliphatic rings. The summed E-state index contributed by atoms with van der Waals surface area (Å²) >= 11 is 8.20. The van der Waals surface area contributed by atoms with E-state index in [1.807, 2.05) is 6.26 Å². The minimum Gasteiger partial charge on any atom is -0.480 e. The number of rotatable bonds is 7. The number of carbonyl (C=O) groups is 1. The van der Waals surface area contributed by atoms with Gasteiger partial charge in [-0.05, 0) is 37.0 Å². The van der Waals surface area contributed by atoms with E-state index in [2.05, 4.69) is 4.72 Å². The fourth-order valence-electron chi connectivity index (χ4n) is 1.28. The Kier molecular flexibility index (Phi) is 6.13. The molecule has 0 radical (unpaired) electrons. The van der Waals surface area contributed by atoms with Crippen LogP contribution in [0.15, 0.2) is 10.3 Å². The lowest BCUT2D eigenvalue weighted by molar-refractivity contribution is -0.139. The Hall–Kier alpha value is -0.280. The van der Waals surface area contributed by atoms with Gasteiger partial charge in [-0.2, -0.15) is 16.5 Å². The molecular formula is C10H14ClNO4S3. The number of hydrogen-bond acceptors (Lipinski definition) is 5. The van der Waals surface area contributed by atoms with Crippen molar-refractivity contribution >= 4 is 50.7 Å². The molecule has 1 atom stereocenters. The maximum absolute atomic E-state index is 12.0. The normalized spacial score (nSPS) is 13.4. The van der Waals surface area contributed by atoms with Crippen LogP contribution in [0, 0.1) is 6.92 Å². The topological polar surface area (TPSA) is 83.5 Å². The zero-order valence-electron chi connectivity index (χ0n) is 10.3. The third-order valence-electron chi connectivity index (χ3n) is 2.31. The van der Waals surface area contributed by atoms with Crippen LogP contribution in [-0.4, -0.2) is 37.5 Å². The highest BCUT2D eigenvalue weighted by Gasteiger charge is 2.26. The van der Waals surface area contributed by atoms with Crippen LogP contribution in [0.2, 0.25) is 4.34 Å². The summed E-state index contributed by atoms with van der Waals surface area (Å²) in [4.78, 5) is 11.0. The van der Waals surface area contributed by atoms with Crippen molar-refractivity contribution in [3.05, 3.63) is 16.0 Å². The van der Waals surface area contributed by atoms with Gasteiger partial charge in [0.05, 0.1) is 4.34 Å². The van der Waals surface area contributed by atoms with Crippen molar-refractivity contribution in [2.75, 3.05) is 12.0 Å². The fraction of sp³-hybridized carbons (Fsp3) is 0.500. The summed E-state index contributed by atoms with van der Waals surface area (Å²) in [5.41, 5.74) is 0.656. The number of carboxylic acid groups (broad SMARTS) is 1. The Bertz CT molecular complexity index is 536. The van der Waals surface area contributed by atoms with Crippen LogP contribution in [-0.2, 0) is 14.8 Å². The number of thioether (sulfide) groups is 1. The molecule has 5 nitrogen and oxygen atoms in total. The summed E-state index contributed by atoms with van der Waals surface area (Å²) in [6, 6.07) is 0.307. The van der Waals surface area contributed by atoms with Gasteiger partial charge in [-0.3, -0.25) is 4.79 Å². The van der Waals surface area contributed by atoms with E-state index >= 15 is 0 Å². The van der Waals surface area contributed by atoms with E-state index in [0.717, 1.165) is 11.3 Å². The van der Waals surface area contributed by atoms with Crippen molar-refractivity contribution in [3.63, 3.8) is 0 Å². The number of thiophene rings is 1. The lowest BCUT2D eigenvalue weighted by Gasteiger charge is -2.13.